The quantitative estimate of drug-likeness (QED) is 0.762. The summed E-state index contributed by atoms with van der Waals surface area (Å²) in [4.78, 5) is 13.2. The van der Waals surface area contributed by atoms with Crippen LogP contribution in [-0.2, 0) is 9.53 Å². The first-order chi connectivity index (χ1) is 6.24. The number of nitrogens with zero attached hydrogens (tertiary/aromatic N) is 1. The number of hydrogen-bond acceptors (Lipinski definition) is 4. The molecule has 0 aliphatic carbocycles. The van der Waals surface area contributed by atoms with Crippen molar-refractivity contribution >= 4 is 30.8 Å². The number of methoxy groups -OCH3 is 1. The molecule has 0 aromatic rings. The summed E-state index contributed by atoms with van der Waals surface area (Å²) in [5.41, 5.74) is 5.64. The lowest BCUT2D eigenvalue weighted by molar-refractivity contribution is -0.142. The molecule has 1 rings (SSSR count). The zero-order valence-corrected chi connectivity index (χ0v) is 10.6. The number of carbonyl (C=O) groups excluding carboxylic acids is 1. The molecule has 0 aromatic heterocycles. The zero-order valence-electron chi connectivity index (χ0n) is 8.98. The molecule has 1 aliphatic heterocycles. The van der Waals surface area contributed by atoms with Crippen LogP contribution in [0.2, 0.25) is 0 Å². The average Bonchev–Trinajstić information content (AvgIpc) is 2.18. The second-order valence-corrected chi connectivity index (χ2v) is 3.49. The van der Waals surface area contributed by atoms with Crippen molar-refractivity contribution in [3.05, 3.63) is 0 Å². The Hall–Kier alpha value is -0.0300. The lowest BCUT2D eigenvalue weighted by Gasteiger charge is -2.27. The molecule has 15 heavy (non-hydrogen) atoms. The minimum Gasteiger partial charge on any atom is -0.468 e. The molecular formula is C9H20Cl2N2O2. The highest BCUT2D eigenvalue weighted by Gasteiger charge is 2.19. The van der Waals surface area contributed by atoms with Crippen LogP contribution in [0.1, 0.15) is 19.3 Å². The number of carbonyl (C=O) groups is 1. The van der Waals surface area contributed by atoms with Gasteiger partial charge >= 0.3 is 5.97 Å². The number of rotatable bonds is 3. The fourth-order valence-electron chi connectivity index (χ4n) is 1.65. The summed E-state index contributed by atoms with van der Waals surface area (Å²) in [7, 11) is 1.37. The van der Waals surface area contributed by atoms with Crippen molar-refractivity contribution in [3.63, 3.8) is 0 Å². The van der Waals surface area contributed by atoms with Crippen LogP contribution < -0.4 is 5.73 Å². The van der Waals surface area contributed by atoms with Gasteiger partial charge in [-0.25, -0.2) is 0 Å². The molecule has 0 radical (unpaired) electrons. The van der Waals surface area contributed by atoms with E-state index in [4.69, 9.17) is 5.73 Å². The van der Waals surface area contributed by atoms with Gasteiger partial charge in [0.2, 0.25) is 0 Å². The number of likely N-dealkylation sites (tertiary alicyclic amines) is 1. The predicted octanol–water partition coefficient (Wildman–Crippen LogP) is 0.816. The van der Waals surface area contributed by atoms with Gasteiger partial charge in [-0.3, -0.25) is 4.79 Å². The van der Waals surface area contributed by atoms with Crippen LogP contribution in [-0.4, -0.2) is 43.7 Å². The van der Waals surface area contributed by atoms with Crippen LogP contribution in [0.3, 0.4) is 0 Å². The van der Waals surface area contributed by atoms with E-state index in [1.54, 1.807) is 0 Å². The molecule has 0 aromatic carbocycles. The van der Waals surface area contributed by atoms with Crippen LogP contribution in [0.15, 0.2) is 0 Å². The highest BCUT2D eigenvalue weighted by Crippen LogP contribution is 2.08. The van der Waals surface area contributed by atoms with Crippen LogP contribution in [0, 0.1) is 0 Å². The summed E-state index contributed by atoms with van der Waals surface area (Å²) in [6, 6.07) is -0.483. The van der Waals surface area contributed by atoms with Crippen molar-refractivity contribution < 1.29 is 9.53 Å². The summed E-state index contributed by atoms with van der Waals surface area (Å²) in [5.74, 6) is -0.314. The number of halogens is 2. The topological polar surface area (TPSA) is 55.6 Å². The van der Waals surface area contributed by atoms with Gasteiger partial charge in [-0.2, -0.15) is 0 Å². The highest BCUT2D eigenvalue weighted by molar-refractivity contribution is 5.85. The van der Waals surface area contributed by atoms with E-state index in [-0.39, 0.29) is 30.8 Å². The van der Waals surface area contributed by atoms with E-state index in [2.05, 4.69) is 9.64 Å². The van der Waals surface area contributed by atoms with Gasteiger partial charge in [-0.1, -0.05) is 6.42 Å². The first-order valence-corrected chi connectivity index (χ1v) is 4.80. The summed E-state index contributed by atoms with van der Waals surface area (Å²) in [5, 5.41) is 0. The summed E-state index contributed by atoms with van der Waals surface area (Å²) in [6.07, 6.45) is 3.73. The highest BCUT2D eigenvalue weighted by atomic mass is 35.5. The van der Waals surface area contributed by atoms with E-state index < -0.39 is 6.04 Å². The third-order valence-corrected chi connectivity index (χ3v) is 2.41. The summed E-state index contributed by atoms with van der Waals surface area (Å²) < 4.78 is 4.56. The molecule has 4 nitrogen and oxygen atoms in total. The van der Waals surface area contributed by atoms with E-state index in [1.807, 2.05) is 0 Å². The fourth-order valence-corrected chi connectivity index (χ4v) is 1.65. The fraction of sp³-hybridized carbons (Fsp3) is 0.889. The van der Waals surface area contributed by atoms with Crippen LogP contribution in [0.25, 0.3) is 0 Å². The van der Waals surface area contributed by atoms with Gasteiger partial charge in [0, 0.05) is 6.54 Å². The molecule has 0 spiro atoms. The smallest absolute Gasteiger partial charge is 0.323 e. The molecule has 2 N–H and O–H groups in total. The minimum absolute atomic E-state index is 0. The molecule has 1 saturated heterocycles. The van der Waals surface area contributed by atoms with Crippen molar-refractivity contribution in [3.8, 4) is 0 Å². The Morgan fingerprint density at radius 1 is 1.33 bits per heavy atom. The molecule has 0 bridgehead atoms. The molecule has 1 heterocycles. The van der Waals surface area contributed by atoms with Gasteiger partial charge in [0.1, 0.15) is 6.04 Å². The van der Waals surface area contributed by atoms with Gasteiger partial charge in [0.05, 0.1) is 7.11 Å². The molecule has 0 saturated carbocycles. The monoisotopic (exact) mass is 258 g/mol. The molecule has 1 aliphatic rings. The normalized spacial score (nSPS) is 18.3. The van der Waals surface area contributed by atoms with E-state index in [9.17, 15) is 4.79 Å². The van der Waals surface area contributed by atoms with Crippen LogP contribution >= 0.6 is 24.8 Å². The number of nitrogens with two attached hydrogens (primary N) is 1. The van der Waals surface area contributed by atoms with Crippen molar-refractivity contribution in [1.29, 1.82) is 0 Å². The van der Waals surface area contributed by atoms with Crippen molar-refractivity contribution in [2.24, 2.45) is 5.73 Å². The molecule has 1 fully saturated rings. The molecule has 6 heteroatoms. The molecule has 1 atom stereocenters. The van der Waals surface area contributed by atoms with Gasteiger partial charge < -0.3 is 15.4 Å². The lowest BCUT2D eigenvalue weighted by Crippen LogP contribution is -2.45. The molecule has 1 unspecified atom stereocenters. The first-order valence-electron chi connectivity index (χ1n) is 4.80. The van der Waals surface area contributed by atoms with Crippen molar-refractivity contribution in [2.75, 3.05) is 26.7 Å². The van der Waals surface area contributed by atoms with Gasteiger partial charge in [0.15, 0.2) is 0 Å². The second-order valence-electron chi connectivity index (χ2n) is 3.49. The van der Waals surface area contributed by atoms with E-state index in [0.717, 1.165) is 13.1 Å². The first kappa shape index (κ1) is 17.4. The summed E-state index contributed by atoms with van der Waals surface area (Å²) in [6.45, 7) is 2.75. The lowest BCUT2D eigenvalue weighted by atomic mass is 10.1. The SMILES string of the molecule is COC(=O)C(N)CN1CCCCC1.Cl.Cl. The third kappa shape index (κ3) is 6.20. The van der Waals surface area contributed by atoms with Gasteiger partial charge in [0.25, 0.3) is 0 Å². The Balaban J connectivity index is 0. The number of ether oxygens (including phenoxy) is 1. The van der Waals surface area contributed by atoms with Gasteiger partial charge in [-0.15, -0.1) is 24.8 Å². The molecule has 0 amide bonds. The molecular weight excluding hydrogens is 239 g/mol. The van der Waals surface area contributed by atoms with E-state index in [0.29, 0.717) is 6.54 Å². The van der Waals surface area contributed by atoms with Crippen LogP contribution in [0.4, 0.5) is 0 Å². The van der Waals surface area contributed by atoms with Crippen molar-refractivity contribution in [1.82, 2.24) is 4.90 Å². The van der Waals surface area contributed by atoms with Crippen LogP contribution in [0.5, 0.6) is 0 Å². The largest absolute Gasteiger partial charge is 0.468 e. The maximum absolute atomic E-state index is 11.0. The molecule has 92 valence electrons. The Morgan fingerprint density at radius 2 is 1.87 bits per heavy atom. The number of hydrogen-bond donors (Lipinski definition) is 1. The minimum atomic E-state index is -0.483. The Morgan fingerprint density at radius 3 is 2.33 bits per heavy atom. The maximum Gasteiger partial charge on any atom is 0.323 e. The maximum atomic E-state index is 11.0. The predicted molar refractivity (Wildman–Crippen MR) is 64.8 cm³/mol. The average molecular weight is 259 g/mol. The Bertz CT molecular complexity index is 175. The third-order valence-electron chi connectivity index (χ3n) is 2.41. The Kier molecular flexibility index (Phi) is 10.7. The summed E-state index contributed by atoms with van der Waals surface area (Å²) >= 11 is 0. The van der Waals surface area contributed by atoms with Crippen molar-refractivity contribution in [2.45, 2.75) is 25.3 Å². The van der Waals surface area contributed by atoms with E-state index in [1.165, 1.54) is 26.4 Å². The number of esters is 1. The zero-order chi connectivity index (χ0) is 9.68. The van der Waals surface area contributed by atoms with E-state index >= 15 is 0 Å². The number of piperidine rings is 1. The Labute approximate surface area is 103 Å². The standard InChI is InChI=1S/C9H18N2O2.2ClH/c1-13-9(12)8(10)7-11-5-3-2-4-6-11;;/h8H,2-7,10H2,1H3;2*1H. The van der Waals surface area contributed by atoms with Gasteiger partial charge in [-0.05, 0) is 25.9 Å². The second kappa shape index (κ2) is 9.21.